The van der Waals surface area contributed by atoms with Crippen LogP contribution in [0.3, 0.4) is 0 Å². The maximum atomic E-state index is 12.3. The van der Waals surface area contributed by atoms with Crippen LogP contribution in [0.1, 0.15) is 10.5 Å². The summed E-state index contributed by atoms with van der Waals surface area (Å²) in [7, 11) is 1.52. The topological polar surface area (TPSA) is 42.1 Å². The van der Waals surface area contributed by atoms with E-state index < -0.39 is 17.7 Å². The SMILES string of the molecule is COc1ccc(-c2ccc(C(=O)C(F)(F)F)[nH]2)cc1. The number of aromatic nitrogens is 1. The number of hydrogen-bond donors (Lipinski definition) is 1. The van der Waals surface area contributed by atoms with E-state index >= 15 is 0 Å². The number of alkyl halides is 3. The van der Waals surface area contributed by atoms with Crippen LogP contribution in [-0.4, -0.2) is 24.1 Å². The molecule has 0 amide bonds. The number of hydrogen-bond acceptors (Lipinski definition) is 2. The minimum absolute atomic E-state index is 0.440. The molecule has 0 aliphatic rings. The van der Waals surface area contributed by atoms with Gasteiger partial charge in [-0.25, -0.2) is 0 Å². The molecule has 0 aliphatic carbocycles. The number of ether oxygens (including phenoxy) is 1. The van der Waals surface area contributed by atoms with Crippen molar-refractivity contribution in [1.29, 1.82) is 0 Å². The van der Waals surface area contributed by atoms with E-state index in [1.54, 1.807) is 24.3 Å². The van der Waals surface area contributed by atoms with Gasteiger partial charge in [0.2, 0.25) is 0 Å². The van der Waals surface area contributed by atoms with Crippen LogP contribution in [0.25, 0.3) is 11.3 Å². The maximum absolute atomic E-state index is 12.3. The van der Waals surface area contributed by atoms with Gasteiger partial charge >= 0.3 is 6.18 Å². The molecule has 0 unspecified atom stereocenters. The average Bonchev–Trinajstić information content (AvgIpc) is 2.86. The summed E-state index contributed by atoms with van der Waals surface area (Å²) in [5.41, 5.74) is 0.635. The number of nitrogens with one attached hydrogen (secondary N) is 1. The Bertz CT molecular complexity index is 585. The molecule has 0 radical (unpaired) electrons. The van der Waals surface area contributed by atoms with Crippen molar-refractivity contribution in [1.82, 2.24) is 4.98 Å². The molecule has 19 heavy (non-hydrogen) atoms. The van der Waals surface area contributed by atoms with E-state index in [4.69, 9.17) is 4.74 Å². The van der Waals surface area contributed by atoms with Gasteiger partial charge in [0.15, 0.2) is 0 Å². The fraction of sp³-hybridized carbons (Fsp3) is 0.154. The first kappa shape index (κ1) is 13.2. The molecule has 2 aromatic rings. The quantitative estimate of drug-likeness (QED) is 0.867. The second-order valence-electron chi connectivity index (χ2n) is 3.84. The molecule has 100 valence electrons. The van der Waals surface area contributed by atoms with Crippen LogP contribution < -0.4 is 4.74 Å². The zero-order chi connectivity index (χ0) is 14.0. The summed E-state index contributed by atoms with van der Waals surface area (Å²) < 4.78 is 41.8. The molecule has 0 spiro atoms. The third-order valence-electron chi connectivity index (χ3n) is 2.59. The first-order chi connectivity index (χ1) is 8.91. The molecule has 0 saturated heterocycles. The zero-order valence-electron chi connectivity index (χ0n) is 9.91. The van der Waals surface area contributed by atoms with Crippen LogP contribution in [-0.2, 0) is 0 Å². The molecule has 0 atom stereocenters. The van der Waals surface area contributed by atoms with E-state index in [9.17, 15) is 18.0 Å². The van der Waals surface area contributed by atoms with Crippen molar-refractivity contribution < 1.29 is 22.7 Å². The lowest BCUT2D eigenvalue weighted by molar-refractivity contribution is -0.0887. The monoisotopic (exact) mass is 269 g/mol. The lowest BCUT2D eigenvalue weighted by Crippen LogP contribution is -2.22. The fourth-order valence-electron chi connectivity index (χ4n) is 1.62. The molecule has 0 bridgehead atoms. The van der Waals surface area contributed by atoms with E-state index in [0.29, 0.717) is 17.0 Å². The molecule has 3 nitrogen and oxygen atoms in total. The number of ketones is 1. The Morgan fingerprint density at radius 2 is 1.74 bits per heavy atom. The predicted molar refractivity (Wildman–Crippen MR) is 63.2 cm³/mol. The summed E-state index contributed by atoms with van der Waals surface area (Å²) >= 11 is 0. The number of methoxy groups -OCH3 is 1. The van der Waals surface area contributed by atoms with E-state index in [-0.39, 0.29) is 0 Å². The Morgan fingerprint density at radius 3 is 2.26 bits per heavy atom. The Labute approximate surface area is 107 Å². The number of rotatable bonds is 3. The van der Waals surface area contributed by atoms with Crippen LogP contribution in [0, 0.1) is 0 Å². The number of aromatic amines is 1. The van der Waals surface area contributed by atoms with Crippen LogP contribution in [0.5, 0.6) is 5.75 Å². The number of halogens is 3. The minimum Gasteiger partial charge on any atom is -0.497 e. The Morgan fingerprint density at radius 1 is 1.11 bits per heavy atom. The Kier molecular flexibility index (Phi) is 3.33. The van der Waals surface area contributed by atoms with Gasteiger partial charge in [0.25, 0.3) is 5.78 Å². The molecule has 0 fully saturated rings. The highest BCUT2D eigenvalue weighted by atomic mass is 19.4. The highest BCUT2D eigenvalue weighted by Crippen LogP contribution is 2.25. The van der Waals surface area contributed by atoms with Gasteiger partial charge in [-0.15, -0.1) is 0 Å². The van der Waals surface area contributed by atoms with Gasteiger partial charge in [-0.1, -0.05) is 0 Å². The van der Waals surface area contributed by atoms with Crippen molar-refractivity contribution in [3.63, 3.8) is 0 Å². The largest absolute Gasteiger partial charge is 0.497 e. The normalized spacial score (nSPS) is 11.4. The van der Waals surface area contributed by atoms with Gasteiger partial charge in [0, 0.05) is 5.69 Å². The lowest BCUT2D eigenvalue weighted by atomic mass is 10.1. The third kappa shape index (κ3) is 2.78. The van der Waals surface area contributed by atoms with E-state index in [0.717, 1.165) is 6.07 Å². The molecule has 6 heteroatoms. The first-order valence-electron chi connectivity index (χ1n) is 5.37. The second-order valence-corrected chi connectivity index (χ2v) is 3.84. The molecular formula is C13H10F3NO2. The first-order valence-corrected chi connectivity index (χ1v) is 5.37. The molecule has 0 aliphatic heterocycles. The average molecular weight is 269 g/mol. The Hall–Kier alpha value is -2.24. The maximum Gasteiger partial charge on any atom is 0.456 e. The molecule has 1 aromatic carbocycles. The summed E-state index contributed by atoms with van der Waals surface area (Å²) in [5, 5.41) is 0. The van der Waals surface area contributed by atoms with Gasteiger partial charge in [-0.2, -0.15) is 13.2 Å². The van der Waals surface area contributed by atoms with E-state index in [1.807, 2.05) is 0 Å². The van der Waals surface area contributed by atoms with Gasteiger partial charge in [0.1, 0.15) is 5.75 Å². The summed E-state index contributed by atoms with van der Waals surface area (Å²) in [6.45, 7) is 0. The van der Waals surface area contributed by atoms with Crippen molar-refractivity contribution in [2.75, 3.05) is 7.11 Å². The zero-order valence-corrected chi connectivity index (χ0v) is 9.91. The van der Waals surface area contributed by atoms with Crippen LogP contribution in [0.4, 0.5) is 13.2 Å². The number of Topliss-reactive ketones (excluding diaryl/α,β-unsaturated/α-hetero) is 1. The number of carbonyl (C=O) groups is 1. The summed E-state index contributed by atoms with van der Waals surface area (Å²) in [5.74, 6) is -1.24. The highest BCUT2D eigenvalue weighted by molar-refractivity contribution is 5.99. The number of benzene rings is 1. The van der Waals surface area contributed by atoms with Crippen molar-refractivity contribution in [3.8, 4) is 17.0 Å². The van der Waals surface area contributed by atoms with Crippen molar-refractivity contribution in [2.45, 2.75) is 6.18 Å². The summed E-state index contributed by atoms with van der Waals surface area (Å²) in [6, 6.07) is 9.29. The smallest absolute Gasteiger partial charge is 0.456 e. The molecule has 1 aromatic heterocycles. The van der Waals surface area contributed by atoms with Crippen LogP contribution in [0.15, 0.2) is 36.4 Å². The molecule has 1 heterocycles. The lowest BCUT2D eigenvalue weighted by Gasteiger charge is -2.03. The van der Waals surface area contributed by atoms with Crippen LogP contribution >= 0.6 is 0 Å². The van der Waals surface area contributed by atoms with Gasteiger partial charge in [0.05, 0.1) is 12.8 Å². The molecule has 1 N–H and O–H groups in total. The van der Waals surface area contributed by atoms with Crippen molar-refractivity contribution >= 4 is 5.78 Å². The van der Waals surface area contributed by atoms with Gasteiger partial charge < -0.3 is 9.72 Å². The predicted octanol–water partition coefficient (Wildman–Crippen LogP) is 3.44. The number of H-pyrrole nitrogens is 1. The van der Waals surface area contributed by atoms with Crippen molar-refractivity contribution in [3.05, 3.63) is 42.1 Å². The minimum atomic E-state index is -4.87. The van der Waals surface area contributed by atoms with E-state index in [1.165, 1.54) is 13.2 Å². The van der Waals surface area contributed by atoms with Crippen LogP contribution in [0.2, 0.25) is 0 Å². The van der Waals surface area contributed by atoms with E-state index in [2.05, 4.69) is 4.98 Å². The summed E-state index contributed by atoms with van der Waals surface area (Å²) in [6.07, 6.45) is -4.87. The standard InChI is InChI=1S/C13H10F3NO2/c1-19-9-4-2-8(3-5-9)10-6-7-11(17-10)12(18)13(14,15)16/h2-7,17H,1H3. The van der Waals surface area contributed by atoms with Gasteiger partial charge in [-0.05, 0) is 42.0 Å². The second kappa shape index (κ2) is 4.79. The Balaban J connectivity index is 2.28. The van der Waals surface area contributed by atoms with Crippen molar-refractivity contribution in [2.24, 2.45) is 0 Å². The molecule has 0 saturated carbocycles. The molecular weight excluding hydrogens is 259 g/mol. The highest BCUT2D eigenvalue weighted by Gasteiger charge is 2.40. The summed E-state index contributed by atoms with van der Waals surface area (Å²) in [4.78, 5) is 13.5. The fourth-order valence-corrected chi connectivity index (χ4v) is 1.62. The van der Waals surface area contributed by atoms with Gasteiger partial charge in [-0.3, -0.25) is 4.79 Å². The number of carbonyl (C=O) groups excluding carboxylic acids is 1. The third-order valence-corrected chi connectivity index (χ3v) is 2.59. The molecule has 2 rings (SSSR count).